The molecule has 1 aromatic rings. The van der Waals surface area contributed by atoms with Crippen LogP contribution in [0.5, 0.6) is 5.75 Å². The van der Waals surface area contributed by atoms with Gasteiger partial charge in [0, 0.05) is 31.8 Å². The van der Waals surface area contributed by atoms with Crippen LogP contribution in [0.4, 0.5) is 15.3 Å². The van der Waals surface area contributed by atoms with Crippen LogP contribution in [0, 0.1) is 16.0 Å². The van der Waals surface area contributed by atoms with E-state index in [0.29, 0.717) is 6.54 Å². The number of hydrogen-bond donors (Lipinski definition) is 1. The van der Waals surface area contributed by atoms with Crippen molar-refractivity contribution in [3.63, 3.8) is 0 Å². The molecule has 0 saturated heterocycles. The van der Waals surface area contributed by atoms with Crippen LogP contribution in [-0.4, -0.2) is 47.2 Å². The van der Waals surface area contributed by atoms with Crippen molar-refractivity contribution in [2.24, 2.45) is 5.92 Å². The van der Waals surface area contributed by atoms with Crippen molar-refractivity contribution in [3.8, 4) is 5.75 Å². The molecule has 1 N–H and O–H groups in total. The zero-order valence-electron chi connectivity index (χ0n) is 16.4. The lowest BCUT2D eigenvalue weighted by Gasteiger charge is -2.28. The topological polar surface area (TPSA) is 111 Å². The number of benzene rings is 1. The SMILES string of the molecule is CC(C)CN(CCNC(=O)Oc1ccc([N+](=O)[O-])cc1)C(=O)OC(C)(C)C. The van der Waals surface area contributed by atoms with Crippen molar-refractivity contribution in [2.75, 3.05) is 19.6 Å². The minimum atomic E-state index is -0.711. The van der Waals surface area contributed by atoms with Crippen LogP contribution in [0.1, 0.15) is 34.6 Å². The summed E-state index contributed by atoms with van der Waals surface area (Å²) in [6.07, 6.45) is -1.15. The molecule has 0 atom stereocenters. The van der Waals surface area contributed by atoms with Gasteiger partial charge in [-0.1, -0.05) is 13.8 Å². The quantitative estimate of drug-likeness (QED) is 0.571. The van der Waals surface area contributed by atoms with E-state index in [0.717, 1.165) is 0 Å². The van der Waals surface area contributed by atoms with Crippen LogP contribution < -0.4 is 10.1 Å². The van der Waals surface area contributed by atoms with Crippen LogP contribution in [0.25, 0.3) is 0 Å². The molecule has 27 heavy (non-hydrogen) atoms. The Bertz CT molecular complexity index is 652. The van der Waals surface area contributed by atoms with Gasteiger partial charge in [-0.3, -0.25) is 10.1 Å². The predicted octanol–water partition coefficient (Wildman–Crippen LogP) is 3.58. The van der Waals surface area contributed by atoms with Crippen LogP contribution in [0.3, 0.4) is 0 Å². The second kappa shape index (κ2) is 9.75. The van der Waals surface area contributed by atoms with Crippen LogP contribution in [0.15, 0.2) is 24.3 Å². The molecule has 0 saturated carbocycles. The maximum Gasteiger partial charge on any atom is 0.412 e. The van der Waals surface area contributed by atoms with Gasteiger partial charge >= 0.3 is 12.2 Å². The second-order valence-electron chi connectivity index (χ2n) is 7.39. The Balaban J connectivity index is 2.52. The highest BCUT2D eigenvalue weighted by molar-refractivity contribution is 5.71. The lowest BCUT2D eigenvalue weighted by atomic mass is 10.2. The van der Waals surface area contributed by atoms with E-state index in [1.165, 1.54) is 29.2 Å². The molecule has 0 spiro atoms. The first-order chi connectivity index (χ1) is 12.5. The summed E-state index contributed by atoms with van der Waals surface area (Å²) < 4.78 is 10.4. The monoisotopic (exact) mass is 381 g/mol. The molecule has 1 rings (SSSR count). The summed E-state index contributed by atoms with van der Waals surface area (Å²) in [5.74, 6) is 0.425. The third-order valence-electron chi connectivity index (χ3n) is 3.15. The first kappa shape index (κ1) is 22.2. The fourth-order valence-electron chi connectivity index (χ4n) is 2.10. The van der Waals surface area contributed by atoms with E-state index >= 15 is 0 Å². The maximum absolute atomic E-state index is 12.3. The van der Waals surface area contributed by atoms with Crippen LogP contribution >= 0.6 is 0 Å². The van der Waals surface area contributed by atoms with Crippen molar-refractivity contribution >= 4 is 17.9 Å². The van der Waals surface area contributed by atoms with E-state index in [9.17, 15) is 19.7 Å². The van der Waals surface area contributed by atoms with Gasteiger partial charge in [-0.2, -0.15) is 0 Å². The highest BCUT2D eigenvalue weighted by Crippen LogP contribution is 2.17. The van der Waals surface area contributed by atoms with Gasteiger partial charge in [0.15, 0.2) is 0 Å². The summed E-state index contributed by atoms with van der Waals surface area (Å²) in [4.78, 5) is 35.7. The van der Waals surface area contributed by atoms with Crippen molar-refractivity contribution in [1.29, 1.82) is 0 Å². The number of nitro groups is 1. The number of hydrogen-bond acceptors (Lipinski definition) is 6. The third kappa shape index (κ3) is 8.89. The molecule has 1 aromatic carbocycles. The molecule has 2 amide bonds. The predicted molar refractivity (Wildman–Crippen MR) is 99.8 cm³/mol. The third-order valence-corrected chi connectivity index (χ3v) is 3.15. The van der Waals surface area contributed by atoms with E-state index in [-0.39, 0.29) is 30.4 Å². The second-order valence-corrected chi connectivity index (χ2v) is 7.39. The molecule has 0 unspecified atom stereocenters. The van der Waals surface area contributed by atoms with Crippen molar-refractivity contribution in [2.45, 2.75) is 40.2 Å². The number of nitro benzene ring substituents is 1. The van der Waals surface area contributed by atoms with Crippen molar-refractivity contribution in [1.82, 2.24) is 10.2 Å². The first-order valence-corrected chi connectivity index (χ1v) is 8.66. The number of rotatable bonds is 7. The highest BCUT2D eigenvalue weighted by atomic mass is 16.6. The molecule has 0 radical (unpaired) electrons. The normalized spacial score (nSPS) is 11.0. The number of carbonyl (C=O) groups is 2. The summed E-state index contributed by atoms with van der Waals surface area (Å²) in [6.45, 7) is 10.3. The number of ether oxygens (including phenoxy) is 2. The number of non-ortho nitro benzene ring substituents is 1. The number of carbonyl (C=O) groups excluding carboxylic acids is 2. The molecule has 0 bridgehead atoms. The fraction of sp³-hybridized carbons (Fsp3) is 0.556. The number of nitrogens with zero attached hydrogens (tertiary/aromatic N) is 2. The Kier molecular flexibility index (Phi) is 8.01. The Labute approximate surface area is 158 Å². The Morgan fingerprint density at radius 2 is 1.81 bits per heavy atom. The van der Waals surface area contributed by atoms with Crippen LogP contribution in [-0.2, 0) is 4.74 Å². The molecule has 0 fully saturated rings. The molecular formula is C18H27N3O6. The number of nitrogens with one attached hydrogen (secondary N) is 1. The summed E-state index contributed by atoms with van der Waals surface area (Å²) in [6, 6.07) is 5.16. The average molecular weight is 381 g/mol. The largest absolute Gasteiger partial charge is 0.444 e. The summed E-state index contributed by atoms with van der Waals surface area (Å²) in [5, 5.41) is 13.1. The van der Waals surface area contributed by atoms with Crippen LogP contribution in [0.2, 0.25) is 0 Å². The lowest BCUT2D eigenvalue weighted by Crippen LogP contribution is -2.43. The van der Waals surface area contributed by atoms with Gasteiger partial charge in [-0.25, -0.2) is 9.59 Å². The Hall–Kier alpha value is -2.84. The van der Waals surface area contributed by atoms with Crippen molar-refractivity contribution < 1.29 is 24.0 Å². The zero-order valence-corrected chi connectivity index (χ0v) is 16.4. The van der Waals surface area contributed by atoms with E-state index < -0.39 is 22.7 Å². The maximum atomic E-state index is 12.3. The molecule has 9 heteroatoms. The molecule has 9 nitrogen and oxygen atoms in total. The molecule has 0 heterocycles. The van der Waals surface area contributed by atoms with Crippen molar-refractivity contribution in [3.05, 3.63) is 34.4 Å². The molecule has 150 valence electrons. The van der Waals surface area contributed by atoms with Gasteiger partial charge in [-0.15, -0.1) is 0 Å². The van der Waals surface area contributed by atoms with Gasteiger partial charge < -0.3 is 19.7 Å². The van der Waals surface area contributed by atoms with Gasteiger partial charge in [0.05, 0.1) is 4.92 Å². The van der Waals surface area contributed by atoms with E-state index in [1.54, 1.807) is 20.8 Å². The fourth-order valence-corrected chi connectivity index (χ4v) is 2.10. The molecular weight excluding hydrogens is 354 g/mol. The number of amides is 2. The first-order valence-electron chi connectivity index (χ1n) is 8.66. The minimum absolute atomic E-state index is 0.0931. The average Bonchev–Trinajstić information content (AvgIpc) is 2.52. The smallest absolute Gasteiger partial charge is 0.412 e. The molecule has 0 aromatic heterocycles. The summed E-state index contributed by atoms with van der Waals surface area (Å²) in [7, 11) is 0. The van der Waals surface area contributed by atoms with E-state index in [1.807, 2.05) is 13.8 Å². The Morgan fingerprint density at radius 1 is 1.22 bits per heavy atom. The minimum Gasteiger partial charge on any atom is -0.444 e. The molecule has 0 aliphatic heterocycles. The standard InChI is InChI=1S/C18H27N3O6/c1-13(2)12-20(17(23)27-18(3,4)5)11-10-19-16(22)26-15-8-6-14(7-9-15)21(24)25/h6-9,13H,10-12H2,1-5H3,(H,19,22). The van der Waals surface area contributed by atoms with E-state index in [4.69, 9.17) is 9.47 Å². The van der Waals surface area contributed by atoms with E-state index in [2.05, 4.69) is 5.32 Å². The van der Waals surface area contributed by atoms with Gasteiger partial charge in [0.2, 0.25) is 0 Å². The van der Waals surface area contributed by atoms with Gasteiger partial charge in [0.1, 0.15) is 11.4 Å². The highest BCUT2D eigenvalue weighted by Gasteiger charge is 2.22. The molecule has 0 aliphatic rings. The zero-order chi connectivity index (χ0) is 20.6. The lowest BCUT2D eigenvalue weighted by molar-refractivity contribution is -0.384. The van der Waals surface area contributed by atoms with Gasteiger partial charge in [-0.05, 0) is 38.8 Å². The molecule has 0 aliphatic carbocycles. The summed E-state index contributed by atoms with van der Waals surface area (Å²) >= 11 is 0. The Morgan fingerprint density at radius 3 is 2.30 bits per heavy atom. The summed E-state index contributed by atoms with van der Waals surface area (Å²) in [5.41, 5.74) is -0.696. The van der Waals surface area contributed by atoms with Gasteiger partial charge in [0.25, 0.3) is 5.69 Å².